The summed E-state index contributed by atoms with van der Waals surface area (Å²) in [5, 5.41) is 3.82. The van der Waals surface area contributed by atoms with Crippen LogP contribution in [0.3, 0.4) is 0 Å². The van der Waals surface area contributed by atoms with E-state index in [2.05, 4.69) is 48.3 Å². The number of benzene rings is 1. The zero-order valence-electron chi connectivity index (χ0n) is 13.3. The Morgan fingerprint density at radius 3 is 3.10 bits per heavy atom. The first-order chi connectivity index (χ1) is 10.3. The van der Waals surface area contributed by atoms with E-state index in [1.54, 1.807) is 0 Å². The molecular weight excluding hydrogens is 260 g/mol. The Bertz CT molecular complexity index is 460. The highest BCUT2D eigenvalue weighted by molar-refractivity contribution is 5.39. The van der Waals surface area contributed by atoms with Gasteiger partial charge in [0.2, 0.25) is 0 Å². The molecule has 3 rings (SSSR count). The molecule has 3 nitrogen and oxygen atoms in total. The molecule has 0 saturated carbocycles. The summed E-state index contributed by atoms with van der Waals surface area (Å²) in [4.78, 5) is 2.63. The number of piperidine rings is 1. The zero-order valence-corrected chi connectivity index (χ0v) is 13.3. The van der Waals surface area contributed by atoms with Crippen LogP contribution in [0.4, 0.5) is 0 Å². The molecule has 2 heterocycles. The number of nitrogens with one attached hydrogen (secondary N) is 1. The normalized spacial score (nSPS) is 27.1. The van der Waals surface area contributed by atoms with Crippen molar-refractivity contribution in [3.63, 3.8) is 0 Å². The van der Waals surface area contributed by atoms with Gasteiger partial charge in [-0.25, -0.2) is 0 Å². The highest BCUT2D eigenvalue weighted by Gasteiger charge is 2.29. The largest absolute Gasteiger partial charge is 0.491 e. The second-order valence-corrected chi connectivity index (χ2v) is 6.56. The molecule has 0 aliphatic carbocycles. The SMILES string of the molecule is CCCN1CCCC(C(C)NC2COc3ccccc32)C1. The first-order valence-corrected chi connectivity index (χ1v) is 8.48. The summed E-state index contributed by atoms with van der Waals surface area (Å²) in [5.41, 5.74) is 1.32. The monoisotopic (exact) mass is 288 g/mol. The maximum atomic E-state index is 5.79. The average molecular weight is 288 g/mol. The van der Waals surface area contributed by atoms with E-state index in [4.69, 9.17) is 4.74 Å². The Labute approximate surface area is 128 Å². The van der Waals surface area contributed by atoms with Crippen molar-refractivity contribution in [2.45, 2.75) is 45.2 Å². The molecule has 116 valence electrons. The molecule has 2 aliphatic heterocycles. The van der Waals surface area contributed by atoms with E-state index in [0.717, 1.165) is 18.3 Å². The lowest BCUT2D eigenvalue weighted by atomic mass is 9.90. The van der Waals surface area contributed by atoms with Gasteiger partial charge in [-0.1, -0.05) is 25.1 Å². The van der Waals surface area contributed by atoms with E-state index >= 15 is 0 Å². The third-order valence-electron chi connectivity index (χ3n) is 4.95. The third-order valence-corrected chi connectivity index (χ3v) is 4.95. The molecule has 3 heteroatoms. The van der Waals surface area contributed by atoms with Gasteiger partial charge in [-0.3, -0.25) is 0 Å². The van der Waals surface area contributed by atoms with Gasteiger partial charge in [0.05, 0.1) is 6.04 Å². The fourth-order valence-electron chi connectivity index (χ4n) is 3.77. The molecule has 3 atom stereocenters. The molecule has 0 spiro atoms. The minimum absolute atomic E-state index is 0.359. The van der Waals surface area contributed by atoms with Crippen LogP contribution in [0.1, 0.15) is 44.7 Å². The third kappa shape index (κ3) is 3.41. The molecule has 2 aliphatic rings. The number of para-hydroxylation sites is 1. The van der Waals surface area contributed by atoms with Crippen LogP contribution in [0.25, 0.3) is 0 Å². The molecule has 1 saturated heterocycles. The molecule has 1 aromatic rings. The van der Waals surface area contributed by atoms with Gasteiger partial charge in [0.15, 0.2) is 0 Å². The van der Waals surface area contributed by atoms with Crippen molar-refractivity contribution in [2.75, 3.05) is 26.2 Å². The van der Waals surface area contributed by atoms with Crippen LogP contribution in [0, 0.1) is 5.92 Å². The molecule has 1 aromatic carbocycles. The summed E-state index contributed by atoms with van der Waals surface area (Å²) in [6.45, 7) is 9.18. The lowest BCUT2D eigenvalue weighted by Gasteiger charge is -2.36. The minimum atomic E-state index is 0.359. The van der Waals surface area contributed by atoms with Gasteiger partial charge in [-0.05, 0) is 51.3 Å². The molecule has 1 fully saturated rings. The van der Waals surface area contributed by atoms with Crippen molar-refractivity contribution in [1.82, 2.24) is 10.2 Å². The fourth-order valence-corrected chi connectivity index (χ4v) is 3.77. The Kier molecular flexibility index (Phi) is 4.81. The van der Waals surface area contributed by atoms with E-state index in [-0.39, 0.29) is 0 Å². The van der Waals surface area contributed by atoms with E-state index in [1.807, 2.05) is 0 Å². The quantitative estimate of drug-likeness (QED) is 0.900. The molecular formula is C18H28N2O. The molecule has 3 unspecified atom stereocenters. The lowest BCUT2D eigenvalue weighted by Crippen LogP contribution is -2.45. The van der Waals surface area contributed by atoms with Crippen molar-refractivity contribution >= 4 is 0 Å². The predicted molar refractivity (Wildman–Crippen MR) is 86.7 cm³/mol. The number of fused-ring (bicyclic) bond motifs is 1. The maximum absolute atomic E-state index is 5.79. The second-order valence-electron chi connectivity index (χ2n) is 6.56. The highest BCUT2D eigenvalue weighted by Crippen LogP contribution is 2.33. The van der Waals surface area contributed by atoms with E-state index in [1.165, 1.54) is 44.5 Å². The van der Waals surface area contributed by atoms with E-state index < -0.39 is 0 Å². The first-order valence-electron chi connectivity index (χ1n) is 8.48. The van der Waals surface area contributed by atoms with Crippen molar-refractivity contribution in [3.05, 3.63) is 29.8 Å². The van der Waals surface area contributed by atoms with Crippen LogP contribution in [0.2, 0.25) is 0 Å². The molecule has 0 radical (unpaired) electrons. The Morgan fingerprint density at radius 2 is 2.24 bits per heavy atom. The Hall–Kier alpha value is -1.06. The van der Waals surface area contributed by atoms with Gasteiger partial charge >= 0.3 is 0 Å². The topological polar surface area (TPSA) is 24.5 Å². The fraction of sp³-hybridized carbons (Fsp3) is 0.667. The number of likely N-dealkylation sites (tertiary alicyclic amines) is 1. The average Bonchev–Trinajstić information content (AvgIpc) is 2.91. The van der Waals surface area contributed by atoms with Crippen molar-refractivity contribution < 1.29 is 4.74 Å². The number of nitrogens with zero attached hydrogens (tertiary/aromatic N) is 1. The number of ether oxygens (including phenoxy) is 1. The summed E-state index contributed by atoms with van der Waals surface area (Å²) in [6.07, 6.45) is 3.95. The van der Waals surface area contributed by atoms with Crippen LogP contribution >= 0.6 is 0 Å². The summed E-state index contributed by atoms with van der Waals surface area (Å²) in [6, 6.07) is 9.33. The van der Waals surface area contributed by atoms with Crippen LogP contribution < -0.4 is 10.1 Å². The molecule has 0 aromatic heterocycles. The van der Waals surface area contributed by atoms with Gasteiger partial charge in [-0.2, -0.15) is 0 Å². The van der Waals surface area contributed by atoms with Gasteiger partial charge in [0.25, 0.3) is 0 Å². The smallest absolute Gasteiger partial charge is 0.124 e. The van der Waals surface area contributed by atoms with Gasteiger partial charge in [0, 0.05) is 18.2 Å². The summed E-state index contributed by atoms with van der Waals surface area (Å²) >= 11 is 0. The van der Waals surface area contributed by atoms with Crippen LogP contribution in [0.15, 0.2) is 24.3 Å². The molecule has 0 bridgehead atoms. The second kappa shape index (κ2) is 6.80. The Balaban J connectivity index is 1.58. The number of hydrogen-bond acceptors (Lipinski definition) is 3. The van der Waals surface area contributed by atoms with Crippen LogP contribution in [-0.2, 0) is 0 Å². The standard InChI is InChI=1S/C18H28N2O/c1-3-10-20-11-6-7-15(12-20)14(2)19-17-13-21-18-9-5-4-8-16(17)18/h4-5,8-9,14-15,17,19H,3,6-7,10-13H2,1-2H3. The molecule has 0 amide bonds. The molecule has 21 heavy (non-hydrogen) atoms. The van der Waals surface area contributed by atoms with Crippen molar-refractivity contribution in [3.8, 4) is 5.75 Å². The van der Waals surface area contributed by atoms with Crippen LogP contribution in [-0.4, -0.2) is 37.2 Å². The molecule has 1 N–H and O–H groups in total. The van der Waals surface area contributed by atoms with Crippen LogP contribution in [0.5, 0.6) is 5.75 Å². The summed E-state index contributed by atoms with van der Waals surface area (Å²) in [5.74, 6) is 1.82. The van der Waals surface area contributed by atoms with Gasteiger partial charge < -0.3 is 15.0 Å². The van der Waals surface area contributed by atoms with Crippen molar-refractivity contribution in [1.29, 1.82) is 0 Å². The predicted octanol–water partition coefficient (Wildman–Crippen LogP) is 3.22. The summed E-state index contributed by atoms with van der Waals surface area (Å²) < 4.78 is 5.79. The Morgan fingerprint density at radius 1 is 1.38 bits per heavy atom. The first kappa shape index (κ1) is 14.9. The minimum Gasteiger partial charge on any atom is -0.491 e. The van der Waals surface area contributed by atoms with Gasteiger partial charge in [-0.15, -0.1) is 0 Å². The van der Waals surface area contributed by atoms with Gasteiger partial charge in [0.1, 0.15) is 12.4 Å². The number of rotatable bonds is 5. The number of hydrogen-bond donors (Lipinski definition) is 1. The van der Waals surface area contributed by atoms with E-state index in [9.17, 15) is 0 Å². The summed E-state index contributed by atoms with van der Waals surface area (Å²) in [7, 11) is 0. The van der Waals surface area contributed by atoms with E-state index in [0.29, 0.717) is 12.1 Å². The maximum Gasteiger partial charge on any atom is 0.124 e. The zero-order chi connectivity index (χ0) is 14.7. The lowest BCUT2D eigenvalue weighted by molar-refractivity contribution is 0.144. The highest BCUT2D eigenvalue weighted by atomic mass is 16.5. The van der Waals surface area contributed by atoms with Crippen molar-refractivity contribution in [2.24, 2.45) is 5.92 Å².